The van der Waals surface area contributed by atoms with Crippen LogP contribution in [0.1, 0.15) is 36.2 Å². The molecular weight excluding hydrogens is 218 g/mol. The molecule has 0 saturated carbocycles. The molecule has 2 heterocycles. The van der Waals surface area contributed by atoms with Gasteiger partial charge in [-0.15, -0.1) is 5.10 Å². The minimum Gasteiger partial charge on any atom is -0.334 e. The van der Waals surface area contributed by atoms with Crippen LogP contribution in [0, 0.1) is 0 Å². The first kappa shape index (κ1) is 12.0. The van der Waals surface area contributed by atoms with E-state index in [9.17, 15) is 4.79 Å². The van der Waals surface area contributed by atoms with Crippen LogP contribution in [0.2, 0.25) is 0 Å². The standard InChI is InChI=1S/C11H19N5O/c1-3-9-13-10(15-14-9)11(17)16-6-4-5-8(7-16)12-2/h8,12H,3-7H2,1-2H3,(H,13,14,15). The molecule has 2 N–H and O–H groups in total. The summed E-state index contributed by atoms with van der Waals surface area (Å²) in [7, 11) is 1.93. The van der Waals surface area contributed by atoms with Crippen LogP contribution in [0.4, 0.5) is 0 Å². The number of rotatable bonds is 3. The summed E-state index contributed by atoms with van der Waals surface area (Å²) in [5.74, 6) is 0.982. The molecule has 17 heavy (non-hydrogen) atoms. The second-order valence-electron chi connectivity index (χ2n) is 4.34. The van der Waals surface area contributed by atoms with Crippen molar-refractivity contribution in [3.63, 3.8) is 0 Å². The van der Waals surface area contributed by atoms with Crippen molar-refractivity contribution in [1.82, 2.24) is 25.4 Å². The molecule has 1 unspecified atom stereocenters. The third-order valence-electron chi connectivity index (χ3n) is 3.17. The van der Waals surface area contributed by atoms with E-state index in [1.54, 1.807) is 0 Å². The molecule has 1 fully saturated rings. The fraction of sp³-hybridized carbons (Fsp3) is 0.727. The number of aromatic amines is 1. The van der Waals surface area contributed by atoms with Gasteiger partial charge in [0.1, 0.15) is 5.82 Å². The first-order valence-electron chi connectivity index (χ1n) is 6.12. The highest BCUT2D eigenvalue weighted by Crippen LogP contribution is 2.12. The smallest absolute Gasteiger partial charge is 0.293 e. The second-order valence-corrected chi connectivity index (χ2v) is 4.34. The highest BCUT2D eigenvalue weighted by atomic mass is 16.2. The van der Waals surface area contributed by atoms with Gasteiger partial charge in [0.25, 0.3) is 5.91 Å². The fourth-order valence-electron chi connectivity index (χ4n) is 2.09. The van der Waals surface area contributed by atoms with Gasteiger partial charge in [-0.2, -0.15) is 0 Å². The number of nitrogens with one attached hydrogen (secondary N) is 2. The summed E-state index contributed by atoms with van der Waals surface area (Å²) in [5, 5.41) is 9.96. The lowest BCUT2D eigenvalue weighted by Crippen LogP contribution is -2.47. The van der Waals surface area contributed by atoms with Crippen molar-refractivity contribution in [3.05, 3.63) is 11.6 Å². The van der Waals surface area contributed by atoms with Crippen LogP contribution in [-0.4, -0.2) is 52.2 Å². The maximum atomic E-state index is 12.1. The zero-order valence-electron chi connectivity index (χ0n) is 10.4. The Morgan fingerprint density at radius 2 is 2.47 bits per heavy atom. The fourth-order valence-corrected chi connectivity index (χ4v) is 2.09. The van der Waals surface area contributed by atoms with Gasteiger partial charge in [0.15, 0.2) is 0 Å². The Labute approximate surface area is 101 Å². The number of H-pyrrole nitrogens is 1. The molecule has 1 aromatic heterocycles. The average Bonchev–Trinajstić information content (AvgIpc) is 2.86. The van der Waals surface area contributed by atoms with Gasteiger partial charge in [-0.1, -0.05) is 6.92 Å². The Morgan fingerprint density at radius 1 is 1.65 bits per heavy atom. The Hall–Kier alpha value is -1.43. The van der Waals surface area contributed by atoms with Gasteiger partial charge < -0.3 is 10.2 Å². The normalized spacial score (nSPS) is 20.6. The molecule has 6 heteroatoms. The molecule has 0 radical (unpaired) electrons. The van der Waals surface area contributed by atoms with Crippen molar-refractivity contribution in [2.45, 2.75) is 32.2 Å². The topological polar surface area (TPSA) is 73.9 Å². The Balaban J connectivity index is 2.03. The van der Waals surface area contributed by atoms with Gasteiger partial charge in [0.05, 0.1) is 0 Å². The molecule has 0 bridgehead atoms. The second kappa shape index (κ2) is 5.27. The maximum Gasteiger partial charge on any atom is 0.293 e. The van der Waals surface area contributed by atoms with E-state index in [4.69, 9.17) is 0 Å². The minimum atomic E-state index is -0.0686. The molecule has 1 aliphatic heterocycles. The number of amides is 1. The van der Waals surface area contributed by atoms with Crippen LogP contribution in [-0.2, 0) is 6.42 Å². The zero-order chi connectivity index (χ0) is 12.3. The number of carbonyl (C=O) groups is 1. The van der Waals surface area contributed by atoms with Crippen molar-refractivity contribution in [2.24, 2.45) is 0 Å². The molecule has 94 valence electrons. The SMILES string of the molecule is CCc1nc(C(=O)N2CCCC(NC)C2)n[nH]1. The quantitative estimate of drug-likeness (QED) is 0.787. The van der Waals surface area contributed by atoms with Crippen LogP contribution < -0.4 is 5.32 Å². The van der Waals surface area contributed by atoms with Gasteiger partial charge in [-0.25, -0.2) is 4.98 Å². The predicted molar refractivity (Wildman–Crippen MR) is 63.7 cm³/mol. The van der Waals surface area contributed by atoms with Gasteiger partial charge in [0.2, 0.25) is 5.82 Å². The van der Waals surface area contributed by atoms with Crippen molar-refractivity contribution < 1.29 is 4.79 Å². The maximum absolute atomic E-state index is 12.1. The van der Waals surface area contributed by atoms with E-state index >= 15 is 0 Å². The Kier molecular flexibility index (Phi) is 3.73. The molecule has 0 aliphatic carbocycles. The first-order chi connectivity index (χ1) is 8.24. The van der Waals surface area contributed by atoms with Crippen LogP contribution in [0.5, 0.6) is 0 Å². The number of nitrogens with zero attached hydrogens (tertiary/aromatic N) is 3. The third-order valence-corrected chi connectivity index (χ3v) is 3.17. The largest absolute Gasteiger partial charge is 0.334 e. The van der Waals surface area contributed by atoms with E-state index in [1.165, 1.54) is 0 Å². The lowest BCUT2D eigenvalue weighted by molar-refractivity contribution is 0.0686. The Morgan fingerprint density at radius 3 is 3.12 bits per heavy atom. The van der Waals surface area contributed by atoms with E-state index < -0.39 is 0 Å². The number of piperidine rings is 1. The highest BCUT2D eigenvalue weighted by Gasteiger charge is 2.25. The van der Waals surface area contributed by atoms with E-state index in [0.29, 0.717) is 11.9 Å². The Bertz CT molecular complexity index is 389. The van der Waals surface area contributed by atoms with Crippen molar-refractivity contribution in [3.8, 4) is 0 Å². The number of carbonyl (C=O) groups excluding carboxylic acids is 1. The van der Waals surface area contributed by atoms with Gasteiger partial charge in [-0.05, 0) is 19.9 Å². The molecule has 6 nitrogen and oxygen atoms in total. The molecule has 1 aliphatic rings. The predicted octanol–water partition coefficient (Wildman–Crippen LogP) is 0.191. The van der Waals surface area contributed by atoms with E-state index in [-0.39, 0.29) is 5.91 Å². The molecule has 1 atom stereocenters. The summed E-state index contributed by atoms with van der Waals surface area (Å²) in [6, 6.07) is 0.386. The molecule has 0 spiro atoms. The van der Waals surface area contributed by atoms with Crippen molar-refractivity contribution in [2.75, 3.05) is 20.1 Å². The van der Waals surface area contributed by atoms with Crippen LogP contribution in [0.3, 0.4) is 0 Å². The molecule has 1 aromatic rings. The number of aromatic nitrogens is 3. The third kappa shape index (κ3) is 2.63. The van der Waals surface area contributed by atoms with Gasteiger partial charge in [-0.3, -0.25) is 9.89 Å². The molecule has 2 rings (SSSR count). The average molecular weight is 237 g/mol. The van der Waals surface area contributed by atoms with Crippen LogP contribution in [0.25, 0.3) is 0 Å². The van der Waals surface area contributed by atoms with E-state index in [0.717, 1.165) is 38.2 Å². The van der Waals surface area contributed by atoms with Crippen molar-refractivity contribution in [1.29, 1.82) is 0 Å². The summed E-state index contributed by atoms with van der Waals surface area (Å²) in [6.45, 7) is 3.52. The van der Waals surface area contributed by atoms with Crippen LogP contribution >= 0.6 is 0 Å². The number of hydrogen-bond acceptors (Lipinski definition) is 4. The van der Waals surface area contributed by atoms with Gasteiger partial charge in [0, 0.05) is 25.6 Å². The zero-order valence-corrected chi connectivity index (χ0v) is 10.4. The summed E-state index contributed by atoms with van der Waals surface area (Å²) in [6.07, 6.45) is 2.91. The number of likely N-dealkylation sites (N-methyl/N-ethyl adjacent to an activating group) is 1. The summed E-state index contributed by atoms with van der Waals surface area (Å²) < 4.78 is 0. The first-order valence-corrected chi connectivity index (χ1v) is 6.12. The molecule has 1 saturated heterocycles. The summed E-state index contributed by atoms with van der Waals surface area (Å²) in [4.78, 5) is 18.1. The number of hydrogen-bond donors (Lipinski definition) is 2. The molecular formula is C11H19N5O. The lowest BCUT2D eigenvalue weighted by Gasteiger charge is -2.31. The monoisotopic (exact) mass is 237 g/mol. The minimum absolute atomic E-state index is 0.0686. The molecule has 0 aromatic carbocycles. The summed E-state index contributed by atoms with van der Waals surface area (Å²) in [5.41, 5.74) is 0. The summed E-state index contributed by atoms with van der Waals surface area (Å²) >= 11 is 0. The number of aryl methyl sites for hydroxylation is 1. The molecule has 1 amide bonds. The lowest BCUT2D eigenvalue weighted by atomic mass is 10.1. The van der Waals surface area contributed by atoms with E-state index in [1.807, 2.05) is 18.9 Å². The van der Waals surface area contributed by atoms with Gasteiger partial charge >= 0.3 is 0 Å². The number of likely N-dealkylation sites (tertiary alicyclic amines) is 1. The van der Waals surface area contributed by atoms with Crippen molar-refractivity contribution >= 4 is 5.91 Å². The highest BCUT2D eigenvalue weighted by molar-refractivity contribution is 5.90. The van der Waals surface area contributed by atoms with Crippen LogP contribution in [0.15, 0.2) is 0 Å². The van der Waals surface area contributed by atoms with E-state index in [2.05, 4.69) is 20.5 Å².